The van der Waals surface area contributed by atoms with Gasteiger partial charge in [-0.05, 0) is 23.3 Å². The molecule has 6 heteroatoms. The number of hydrogen-bond donors (Lipinski definition) is 0. The predicted octanol–water partition coefficient (Wildman–Crippen LogP) is 5.15. The van der Waals surface area contributed by atoms with Gasteiger partial charge in [-0.2, -0.15) is 4.31 Å². The zero-order valence-electron chi connectivity index (χ0n) is 15.4. The molecule has 0 N–H and O–H groups in total. The lowest BCUT2D eigenvalue weighted by Gasteiger charge is -2.23. The average molecular weight is 403 g/mol. The van der Waals surface area contributed by atoms with E-state index in [9.17, 15) is 8.42 Å². The van der Waals surface area contributed by atoms with Gasteiger partial charge < -0.3 is 0 Å². The van der Waals surface area contributed by atoms with E-state index in [-0.39, 0.29) is 23.1 Å². The molecule has 0 saturated carbocycles. The van der Waals surface area contributed by atoms with Crippen LogP contribution in [0.15, 0.2) is 83.9 Å². The number of sulfonamides is 1. The lowest BCUT2D eigenvalue weighted by atomic mass is 10.2. The lowest BCUT2D eigenvalue weighted by Crippen LogP contribution is -2.30. The fourth-order valence-electron chi connectivity index (χ4n) is 2.50. The lowest BCUT2D eigenvalue weighted by molar-refractivity contribution is 0.401. The fourth-order valence-corrected chi connectivity index (χ4v) is 4.35. The summed E-state index contributed by atoms with van der Waals surface area (Å²) >= 11 is 6.04. The third kappa shape index (κ3) is 5.63. The number of aromatic nitrogens is 1. The van der Waals surface area contributed by atoms with Crippen LogP contribution in [-0.2, 0) is 23.1 Å². The van der Waals surface area contributed by atoms with Crippen LogP contribution in [0.3, 0.4) is 0 Å². The summed E-state index contributed by atoms with van der Waals surface area (Å²) in [4.78, 5) is 3.92. The molecule has 1 heterocycles. The van der Waals surface area contributed by atoms with Gasteiger partial charge in [-0.15, -0.1) is 0 Å². The summed E-state index contributed by atoms with van der Waals surface area (Å²) in [5.74, 6) is 0. The Morgan fingerprint density at radius 1 is 0.815 bits per heavy atom. The molecular formula is C21H23ClN2O2S. The molecule has 27 heavy (non-hydrogen) atoms. The van der Waals surface area contributed by atoms with Crippen LogP contribution in [-0.4, -0.2) is 17.7 Å². The third-order valence-corrected chi connectivity index (χ3v) is 5.98. The molecule has 0 aliphatic heterocycles. The Morgan fingerprint density at radius 2 is 1.30 bits per heavy atom. The van der Waals surface area contributed by atoms with Gasteiger partial charge in [0, 0.05) is 19.3 Å². The molecule has 0 bridgehead atoms. The summed E-state index contributed by atoms with van der Waals surface area (Å²) in [6, 6.07) is 22.0. The van der Waals surface area contributed by atoms with Crippen LogP contribution >= 0.6 is 11.6 Å². The maximum Gasteiger partial charge on any atom is 0.246 e. The first-order valence-electron chi connectivity index (χ1n) is 8.76. The van der Waals surface area contributed by atoms with Gasteiger partial charge in [-0.3, -0.25) is 0 Å². The SMILES string of the molecule is CC.O=S(=O)(c1cccnc1Cl)N(Cc1ccccc1)Cc1ccccc1. The van der Waals surface area contributed by atoms with E-state index in [1.807, 2.05) is 74.5 Å². The molecule has 3 rings (SSSR count). The average Bonchev–Trinajstić information content (AvgIpc) is 2.71. The Balaban J connectivity index is 0.00000126. The van der Waals surface area contributed by atoms with Gasteiger partial charge in [0.2, 0.25) is 10.0 Å². The Kier molecular flexibility index (Phi) is 7.98. The number of nitrogens with zero attached hydrogens (tertiary/aromatic N) is 2. The van der Waals surface area contributed by atoms with Gasteiger partial charge in [0.05, 0.1) is 0 Å². The molecule has 2 aromatic carbocycles. The van der Waals surface area contributed by atoms with E-state index >= 15 is 0 Å². The maximum absolute atomic E-state index is 13.2. The molecule has 1 aromatic heterocycles. The van der Waals surface area contributed by atoms with E-state index in [4.69, 9.17) is 11.6 Å². The molecule has 142 valence electrons. The van der Waals surface area contributed by atoms with Crippen molar-refractivity contribution >= 4 is 21.6 Å². The molecule has 0 fully saturated rings. The van der Waals surface area contributed by atoms with Crippen LogP contribution in [0.4, 0.5) is 0 Å². The molecule has 0 atom stereocenters. The first kappa shape index (κ1) is 21.1. The molecular weight excluding hydrogens is 380 g/mol. The van der Waals surface area contributed by atoms with Crippen LogP contribution in [0.5, 0.6) is 0 Å². The van der Waals surface area contributed by atoms with Gasteiger partial charge in [-0.25, -0.2) is 13.4 Å². The second-order valence-corrected chi connectivity index (χ2v) is 7.80. The zero-order valence-corrected chi connectivity index (χ0v) is 17.0. The minimum atomic E-state index is -3.79. The number of hydrogen-bond acceptors (Lipinski definition) is 3. The van der Waals surface area contributed by atoms with Crippen molar-refractivity contribution in [3.8, 4) is 0 Å². The molecule has 0 aliphatic rings. The minimum Gasteiger partial charge on any atom is -0.243 e. The monoisotopic (exact) mass is 402 g/mol. The second-order valence-electron chi connectivity index (χ2n) is 5.54. The number of rotatable bonds is 6. The van der Waals surface area contributed by atoms with Crippen molar-refractivity contribution in [2.24, 2.45) is 0 Å². The Morgan fingerprint density at radius 3 is 1.74 bits per heavy atom. The summed E-state index contributed by atoms with van der Waals surface area (Å²) in [6.45, 7) is 4.51. The Bertz CT molecular complexity index is 891. The van der Waals surface area contributed by atoms with Crippen LogP contribution in [0.2, 0.25) is 5.15 Å². The first-order chi connectivity index (χ1) is 13.1. The van der Waals surface area contributed by atoms with E-state index in [1.54, 1.807) is 6.07 Å². The molecule has 0 unspecified atom stereocenters. The standard InChI is InChI=1S/C19H17ClN2O2S.C2H6/c20-19-18(12-7-13-21-19)25(23,24)22(14-16-8-3-1-4-9-16)15-17-10-5-2-6-11-17;1-2/h1-13H,14-15H2;1-2H3. The van der Waals surface area contributed by atoms with Gasteiger partial charge in [0.15, 0.2) is 0 Å². The number of halogens is 1. The van der Waals surface area contributed by atoms with Crippen molar-refractivity contribution in [2.45, 2.75) is 31.8 Å². The first-order valence-corrected chi connectivity index (χ1v) is 10.6. The van der Waals surface area contributed by atoms with Crippen LogP contribution < -0.4 is 0 Å². The van der Waals surface area contributed by atoms with Crippen LogP contribution in [0.25, 0.3) is 0 Å². The van der Waals surface area contributed by atoms with E-state index in [0.717, 1.165) is 11.1 Å². The van der Waals surface area contributed by atoms with E-state index in [2.05, 4.69) is 4.98 Å². The van der Waals surface area contributed by atoms with Crippen molar-refractivity contribution in [1.82, 2.24) is 9.29 Å². The maximum atomic E-state index is 13.2. The molecule has 3 aromatic rings. The molecule has 0 aliphatic carbocycles. The Labute approximate surface area is 166 Å². The van der Waals surface area contributed by atoms with Gasteiger partial charge in [0.25, 0.3) is 0 Å². The summed E-state index contributed by atoms with van der Waals surface area (Å²) in [5.41, 5.74) is 1.81. The normalized spacial score (nSPS) is 11.0. The summed E-state index contributed by atoms with van der Waals surface area (Å²) in [6.07, 6.45) is 1.47. The molecule has 0 spiro atoms. The molecule has 0 radical (unpaired) electrons. The van der Waals surface area contributed by atoms with Gasteiger partial charge >= 0.3 is 0 Å². The van der Waals surface area contributed by atoms with Crippen molar-refractivity contribution in [3.63, 3.8) is 0 Å². The highest BCUT2D eigenvalue weighted by atomic mass is 35.5. The number of pyridine rings is 1. The molecule has 0 saturated heterocycles. The second kappa shape index (κ2) is 10.2. The highest BCUT2D eigenvalue weighted by Gasteiger charge is 2.27. The predicted molar refractivity (Wildman–Crippen MR) is 110 cm³/mol. The van der Waals surface area contributed by atoms with Crippen LogP contribution in [0.1, 0.15) is 25.0 Å². The highest BCUT2D eigenvalue weighted by molar-refractivity contribution is 7.89. The molecule has 4 nitrogen and oxygen atoms in total. The van der Waals surface area contributed by atoms with Crippen molar-refractivity contribution in [2.75, 3.05) is 0 Å². The fraction of sp³-hybridized carbons (Fsp3) is 0.190. The quantitative estimate of drug-likeness (QED) is 0.535. The third-order valence-electron chi connectivity index (χ3n) is 3.75. The van der Waals surface area contributed by atoms with Crippen molar-refractivity contribution in [3.05, 3.63) is 95.3 Å². The minimum absolute atomic E-state index is 0.0172. The topological polar surface area (TPSA) is 50.3 Å². The summed E-state index contributed by atoms with van der Waals surface area (Å²) < 4.78 is 27.7. The van der Waals surface area contributed by atoms with Crippen molar-refractivity contribution < 1.29 is 8.42 Å². The van der Waals surface area contributed by atoms with Crippen molar-refractivity contribution in [1.29, 1.82) is 0 Å². The smallest absolute Gasteiger partial charge is 0.243 e. The number of benzene rings is 2. The summed E-state index contributed by atoms with van der Waals surface area (Å²) in [5, 5.41) is -0.0198. The van der Waals surface area contributed by atoms with Crippen LogP contribution in [0, 0.1) is 0 Å². The zero-order chi connectivity index (χ0) is 19.7. The summed E-state index contributed by atoms with van der Waals surface area (Å²) in [7, 11) is -3.79. The molecule has 0 amide bonds. The van der Waals surface area contributed by atoms with E-state index in [1.165, 1.54) is 16.6 Å². The largest absolute Gasteiger partial charge is 0.246 e. The van der Waals surface area contributed by atoms with E-state index in [0.29, 0.717) is 0 Å². The highest BCUT2D eigenvalue weighted by Crippen LogP contribution is 2.25. The van der Waals surface area contributed by atoms with E-state index < -0.39 is 10.0 Å². The Hall–Kier alpha value is -2.21. The van der Waals surface area contributed by atoms with Gasteiger partial charge in [-0.1, -0.05) is 86.1 Å². The van der Waals surface area contributed by atoms with Gasteiger partial charge in [0.1, 0.15) is 10.0 Å².